The van der Waals surface area contributed by atoms with Crippen molar-refractivity contribution in [3.8, 4) is 0 Å². The Balaban J connectivity index is 1.46. The lowest BCUT2D eigenvalue weighted by molar-refractivity contribution is -0.121. The van der Waals surface area contributed by atoms with Gasteiger partial charge in [-0.2, -0.15) is 0 Å². The number of benzene rings is 2. The molecule has 7 nitrogen and oxygen atoms in total. The summed E-state index contributed by atoms with van der Waals surface area (Å²) in [6.45, 7) is 0.758. The third kappa shape index (κ3) is 4.98. The van der Waals surface area contributed by atoms with Crippen LogP contribution in [0.1, 0.15) is 12.0 Å². The monoisotopic (exact) mass is 397 g/mol. The molecule has 1 heterocycles. The van der Waals surface area contributed by atoms with Crippen LogP contribution in [0.2, 0.25) is 0 Å². The van der Waals surface area contributed by atoms with Gasteiger partial charge in [-0.1, -0.05) is 53.8 Å². The average molecular weight is 398 g/mol. The highest BCUT2D eigenvalue weighted by atomic mass is 32.1. The number of hydrogen-bond acceptors (Lipinski definition) is 4. The number of para-hydroxylation sites is 1. The van der Waals surface area contributed by atoms with Crippen LogP contribution in [-0.4, -0.2) is 35.0 Å². The topological polar surface area (TPSA) is 78.7 Å². The zero-order valence-electron chi connectivity index (χ0n) is 15.9. The number of nitrogens with zero attached hydrogens (tertiary/aromatic N) is 3. The van der Waals surface area contributed by atoms with Gasteiger partial charge in [-0.3, -0.25) is 4.79 Å². The molecule has 0 bridgehead atoms. The standard InChI is InChI=1S/C20H23N5O2S/c1-24(14-15-8-4-3-5-9-15)19(27)21-13-12-18(26)22-23-20-25(2)16-10-6-7-11-17(16)28-20/h3-11H,12-14H2,1-2H3,(H,21,27)(H,22,26)/b23-20-. The van der Waals surface area contributed by atoms with Crippen molar-refractivity contribution in [2.45, 2.75) is 13.0 Å². The van der Waals surface area contributed by atoms with Gasteiger partial charge in [0.1, 0.15) is 0 Å². The number of carbonyl (C=O) groups excluding carboxylic acids is 2. The predicted octanol–water partition coefficient (Wildman–Crippen LogP) is 2.40. The molecule has 3 rings (SSSR count). The summed E-state index contributed by atoms with van der Waals surface area (Å²) in [7, 11) is 3.63. The summed E-state index contributed by atoms with van der Waals surface area (Å²) in [5.41, 5.74) is 4.67. The largest absolute Gasteiger partial charge is 0.337 e. The molecule has 0 aliphatic carbocycles. The fraction of sp³-hybridized carbons (Fsp3) is 0.250. The van der Waals surface area contributed by atoms with E-state index >= 15 is 0 Å². The lowest BCUT2D eigenvalue weighted by Crippen LogP contribution is -2.38. The summed E-state index contributed by atoms with van der Waals surface area (Å²) in [5.74, 6) is -0.247. The zero-order valence-corrected chi connectivity index (χ0v) is 16.7. The second kappa shape index (κ2) is 9.18. The summed E-state index contributed by atoms with van der Waals surface area (Å²) < 4.78 is 3.03. The van der Waals surface area contributed by atoms with Crippen LogP contribution >= 0.6 is 11.3 Å². The van der Waals surface area contributed by atoms with Crippen LogP contribution in [0.15, 0.2) is 59.7 Å². The Morgan fingerprint density at radius 1 is 1.11 bits per heavy atom. The van der Waals surface area contributed by atoms with Gasteiger partial charge in [0.05, 0.1) is 10.2 Å². The van der Waals surface area contributed by atoms with Gasteiger partial charge in [0.25, 0.3) is 0 Å². The number of carbonyl (C=O) groups is 2. The maximum atomic E-state index is 12.1. The molecular weight excluding hydrogens is 374 g/mol. The number of aromatic nitrogens is 1. The molecule has 0 saturated heterocycles. The quantitative estimate of drug-likeness (QED) is 0.627. The molecule has 0 unspecified atom stereocenters. The Hall–Kier alpha value is -3.13. The summed E-state index contributed by atoms with van der Waals surface area (Å²) >= 11 is 1.50. The molecule has 2 aromatic carbocycles. The van der Waals surface area contributed by atoms with E-state index in [1.165, 1.54) is 11.3 Å². The first-order chi connectivity index (χ1) is 13.5. The fourth-order valence-electron chi connectivity index (χ4n) is 2.70. The number of thiazole rings is 1. The van der Waals surface area contributed by atoms with Gasteiger partial charge in [-0.05, 0) is 17.7 Å². The molecule has 0 radical (unpaired) electrons. The Kier molecular flexibility index (Phi) is 6.44. The molecule has 3 aromatic rings. The van der Waals surface area contributed by atoms with E-state index < -0.39 is 0 Å². The maximum Gasteiger partial charge on any atom is 0.317 e. The number of fused-ring (bicyclic) bond motifs is 1. The van der Waals surface area contributed by atoms with Crippen molar-refractivity contribution < 1.29 is 9.59 Å². The van der Waals surface area contributed by atoms with E-state index in [1.54, 1.807) is 11.9 Å². The third-order valence-electron chi connectivity index (χ3n) is 4.23. The second-order valence-corrected chi connectivity index (χ2v) is 7.39. The van der Waals surface area contributed by atoms with Gasteiger partial charge < -0.3 is 14.8 Å². The van der Waals surface area contributed by atoms with Crippen LogP contribution in [0.5, 0.6) is 0 Å². The smallest absolute Gasteiger partial charge is 0.317 e. The normalized spacial score (nSPS) is 11.4. The van der Waals surface area contributed by atoms with Crippen molar-refractivity contribution in [1.29, 1.82) is 0 Å². The highest BCUT2D eigenvalue weighted by Crippen LogP contribution is 2.14. The van der Waals surface area contributed by atoms with Gasteiger partial charge in [0.15, 0.2) is 0 Å². The number of aryl methyl sites for hydroxylation is 1. The molecule has 8 heteroatoms. The van der Waals surface area contributed by atoms with Gasteiger partial charge >= 0.3 is 6.03 Å². The first-order valence-corrected chi connectivity index (χ1v) is 9.76. The molecule has 1 aromatic heterocycles. The van der Waals surface area contributed by atoms with E-state index in [0.717, 1.165) is 15.8 Å². The number of amides is 3. The van der Waals surface area contributed by atoms with Crippen molar-refractivity contribution in [2.24, 2.45) is 12.1 Å². The molecule has 2 N–H and O–H groups in total. The minimum absolute atomic E-state index is 0.156. The molecule has 146 valence electrons. The number of hydrogen-bond donors (Lipinski definition) is 2. The Bertz CT molecular complexity index is 1030. The van der Waals surface area contributed by atoms with Crippen molar-refractivity contribution in [3.63, 3.8) is 0 Å². The van der Waals surface area contributed by atoms with Crippen molar-refractivity contribution >= 4 is 33.5 Å². The van der Waals surface area contributed by atoms with Crippen LogP contribution in [0.25, 0.3) is 10.2 Å². The minimum Gasteiger partial charge on any atom is -0.337 e. The summed E-state index contributed by atoms with van der Waals surface area (Å²) in [4.78, 5) is 26.4. The molecule has 0 atom stereocenters. The number of nitrogens with one attached hydrogen (secondary N) is 2. The van der Waals surface area contributed by atoms with E-state index in [9.17, 15) is 9.59 Å². The van der Waals surface area contributed by atoms with Crippen molar-refractivity contribution in [3.05, 3.63) is 65.0 Å². The highest BCUT2D eigenvalue weighted by molar-refractivity contribution is 7.16. The SMILES string of the molecule is CN(Cc1ccccc1)C(=O)NCCC(=O)N/N=c1\sc2ccccc2n1C. The van der Waals surface area contributed by atoms with Gasteiger partial charge in [0, 0.05) is 33.6 Å². The lowest BCUT2D eigenvalue weighted by atomic mass is 10.2. The van der Waals surface area contributed by atoms with Crippen LogP contribution in [-0.2, 0) is 18.4 Å². The van der Waals surface area contributed by atoms with Gasteiger partial charge in [-0.15, -0.1) is 5.10 Å². The Morgan fingerprint density at radius 3 is 2.57 bits per heavy atom. The average Bonchev–Trinajstić information content (AvgIpc) is 3.03. The molecule has 3 amide bonds. The molecule has 0 aliphatic rings. The minimum atomic E-state index is -0.247. The molecule has 0 saturated carbocycles. The fourth-order valence-corrected chi connectivity index (χ4v) is 3.68. The highest BCUT2D eigenvalue weighted by Gasteiger charge is 2.09. The first-order valence-electron chi connectivity index (χ1n) is 8.94. The Morgan fingerprint density at radius 2 is 1.82 bits per heavy atom. The summed E-state index contributed by atoms with van der Waals surface area (Å²) in [6.07, 6.45) is 0.156. The van der Waals surface area contributed by atoms with E-state index in [2.05, 4.69) is 15.8 Å². The molecule has 0 aliphatic heterocycles. The molecular formula is C20H23N5O2S. The van der Waals surface area contributed by atoms with Gasteiger partial charge in [-0.25, -0.2) is 10.2 Å². The Labute approximate surface area is 167 Å². The number of rotatable bonds is 6. The van der Waals surface area contributed by atoms with E-state index in [-0.39, 0.29) is 24.9 Å². The van der Waals surface area contributed by atoms with Crippen LogP contribution in [0, 0.1) is 0 Å². The predicted molar refractivity (Wildman–Crippen MR) is 110 cm³/mol. The van der Waals surface area contributed by atoms with E-state index in [4.69, 9.17) is 0 Å². The summed E-state index contributed by atoms with van der Waals surface area (Å²) in [6, 6.07) is 17.5. The van der Waals surface area contributed by atoms with E-state index in [0.29, 0.717) is 11.3 Å². The first kappa shape index (κ1) is 19.6. The number of urea groups is 1. The van der Waals surface area contributed by atoms with E-state index in [1.807, 2.05) is 66.2 Å². The maximum absolute atomic E-state index is 12.1. The van der Waals surface area contributed by atoms with Crippen molar-refractivity contribution in [1.82, 2.24) is 20.2 Å². The van der Waals surface area contributed by atoms with Crippen LogP contribution < -0.4 is 15.5 Å². The summed E-state index contributed by atoms with van der Waals surface area (Å²) in [5, 5.41) is 6.94. The van der Waals surface area contributed by atoms with Crippen molar-refractivity contribution in [2.75, 3.05) is 13.6 Å². The molecule has 28 heavy (non-hydrogen) atoms. The molecule has 0 fully saturated rings. The third-order valence-corrected chi connectivity index (χ3v) is 5.34. The zero-order chi connectivity index (χ0) is 19.9. The molecule has 0 spiro atoms. The second-order valence-electron chi connectivity index (χ2n) is 6.38. The lowest BCUT2D eigenvalue weighted by Gasteiger charge is -2.17. The van der Waals surface area contributed by atoms with Crippen LogP contribution in [0.3, 0.4) is 0 Å². The van der Waals surface area contributed by atoms with Crippen LogP contribution in [0.4, 0.5) is 4.79 Å². The van der Waals surface area contributed by atoms with Gasteiger partial charge in [0.2, 0.25) is 10.7 Å².